The summed E-state index contributed by atoms with van der Waals surface area (Å²) < 4.78 is 10.6. The van der Waals surface area contributed by atoms with E-state index < -0.39 is 23.9 Å². The van der Waals surface area contributed by atoms with Gasteiger partial charge in [-0.3, -0.25) is 4.79 Å². The number of hydrogen-bond acceptors (Lipinski definition) is 5. The summed E-state index contributed by atoms with van der Waals surface area (Å²) in [5.74, 6) is -0.662. The van der Waals surface area contributed by atoms with Gasteiger partial charge in [0.2, 0.25) is 0 Å². The van der Waals surface area contributed by atoms with Gasteiger partial charge in [-0.15, -0.1) is 0 Å². The molecule has 1 fully saturated rings. The maximum atomic E-state index is 12.2. The van der Waals surface area contributed by atoms with Crippen LogP contribution in [0.3, 0.4) is 0 Å². The van der Waals surface area contributed by atoms with Gasteiger partial charge in [-0.1, -0.05) is 49.4 Å². The Hall–Kier alpha value is -3.35. The predicted molar refractivity (Wildman–Crippen MR) is 107 cm³/mol. The Balaban J connectivity index is 1.59. The molecular formula is C22H24N2O5. The van der Waals surface area contributed by atoms with Crippen molar-refractivity contribution in [3.63, 3.8) is 0 Å². The number of carbonyl (C=O) groups is 3. The fourth-order valence-electron chi connectivity index (χ4n) is 3.32. The number of esters is 1. The lowest BCUT2D eigenvalue weighted by atomic mass is 9.97. The zero-order chi connectivity index (χ0) is 20.8. The minimum Gasteiger partial charge on any atom is -0.494 e. The molecule has 3 amide bonds. The standard InChI is InChI=1S/C22H24N2O5/c1-15(20(21(26)28-2)24-19(25)14-23-22(24)27)12-13-29-18-10-8-17(9-11-18)16-6-4-3-5-7-16/h3-11,15,20H,12-14H2,1-2H3,(H,23,27). The van der Waals surface area contributed by atoms with E-state index in [9.17, 15) is 14.4 Å². The van der Waals surface area contributed by atoms with Crippen LogP contribution in [0.25, 0.3) is 11.1 Å². The normalized spacial score (nSPS) is 15.6. The Labute approximate surface area is 169 Å². The Morgan fingerprint density at radius 1 is 1.07 bits per heavy atom. The van der Waals surface area contributed by atoms with E-state index in [1.165, 1.54) is 7.11 Å². The van der Waals surface area contributed by atoms with Gasteiger partial charge in [0.25, 0.3) is 5.91 Å². The molecule has 2 aromatic carbocycles. The number of amides is 3. The van der Waals surface area contributed by atoms with Crippen LogP contribution in [0.2, 0.25) is 0 Å². The first kappa shape index (κ1) is 20.4. The van der Waals surface area contributed by atoms with E-state index in [0.29, 0.717) is 18.8 Å². The highest BCUT2D eigenvalue weighted by atomic mass is 16.5. The second-order valence-corrected chi connectivity index (χ2v) is 6.90. The zero-order valence-electron chi connectivity index (χ0n) is 16.5. The van der Waals surface area contributed by atoms with E-state index in [-0.39, 0.29) is 12.5 Å². The third-order valence-electron chi connectivity index (χ3n) is 4.94. The van der Waals surface area contributed by atoms with E-state index in [2.05, 4.69) is 5.32 Å². The molecule has 1 saturated heterocycles. The van der Waals surface area contributed by atoms with E-state index in [0.717, 1.165) is 16.0 Å². The van der Waals surface area contributed by atoms with Gasteiger partial charge in [-0.2, -0.15) is 0 Å². The Kier molecular flexibility index (Phi) is 6.49. The first-order chi connectivity index (χ1) is 14.0. The number of urea groups is 1. The molecule has 1 N–H and O–H groups in total. The average molecular weight is 396 g/mol. The lowest BCUT2D eigenvalue weighted by Crippen LogP contribution is -2.49. The Morgan fingerprint density at radius 2 is 1.72 bits per heavy atom. The monoisotopic (exact) mass is 396 g/mol. The van der Waals surface area contributed by atoms with Crippen LogP contribution in [0.4, 0.5) is 4.79 Å². The van der Waals surface area contributed by atoms with E-state index >= 15 is 0 Å². The van der Waals surface area contributed by atoms with Crippen molar-refractivity contribution < 1.29 is 23.9 Å². The van der Waals surface area contributed by atoms with Crippen LogP contribution in [0.15, 0.2) is 54.6 Å². The second-order valence-electron chi connectivity index (χ2n) is 6.90. The van der Waals surface area contributed by atoms with E-state index in [1.54, 1.807) is 6.92 Å². The maximum Gasteiger partial charge on any atom is 0.329 e. The molecule has 1 aliphatic rings. The molecule has 0 aromatic heterocycles. The number of nitrogens with zero attached hydrogens (tertiary/aromatic N) is 1. The van der Waals surface area contributed by atoms with Crippen molar-refractivity contribution in [2.75, 3.05) is 20.3 Å². The second kappa shape index (κ2) is 9.23. The smallest absolute Gasteiger partial charge is 0.329 e. The summed E-state index contributed by atoms with van der Waals surface area (Å²) in [6, 6.07) is 16.2. The van der Waals surface area contributed by atoms with Crippen LogP contribution >= 0.6 is 0 Å². The molecule has 152 valence electrons. The van der Waals surface area contributed by atoms with Crippen molar-refractivity contribution in [1.29, 1.82) is 0 Å². The number of methoxy groups -OCH3 is 1. The molecule has 2 unspecified atom stereocenters. The average Bonchev–Trinajstić information content (AvgIpc) is 3.07. The van der Waals surface area contributed by atoms with Crippen LogP contribution < -0.4 is 10.1 Å². The summed E-state index contributed by atoms with van der Waals surface area (Å²) in [6.45, 7) is 2.02. The summed E-state index contributed by atoms with van der Waals surface area (Å²) >= 11 is 0. The number of hydrogen-bond donors (Lipinski definition) is 1. The number of benzene rings is 2. The van der Waals surface area contributed by atoms with Crippen LogP contribution in [-0.4, -0.2) is 49.1 Å². The van der Waals surface area contributed by atoms with Gasteiger partial charge in [0.15, 0.2) is 0 Å². The molecule has 7 heteroatoms. The minimum absolute atomic E-state index is 0.108. The minimum atomic E-state index is -0.973. The molecule has 0 radical (unpaired) electrons. The fraction of sp³-hybridized carbons (Fsp3) is 0.318. The number of nitrogens with one attached hydrogen (secondary N) is 1. The molecule has 7 nitrogen and oxygen atoms in total. The van der Waals surface area contributed by atoms with Crippen LogP contribution in [0.5, 0.6) is 5.75 Å². The van der Waals surface area contributed by atoms with Crippen molar-refractivity contribution in [3.8, 4) is 16.9 Å². The summed E-state index contributed by atoms with van der Waals surface area (Å²) in [7, 11) is 1.24. The lowest BCUT2D eigenvalue weighted by molar-refractivity contribution is -0.151. The maximum absolute atomic E-state index is 12.2. The Morgan fingerprint density at radius 3 is 2.31 bits per heavy atom. The molecule has 0 bridgehead atoms. The summed E-state index contributed by atoms with van der Waals surface area (Å²) in [4.78, 5) is 37.1. The quantitative estimate of drug-likeness (QED) is 0.548. The SMILES string of the molecule is COC(=O)C(C(C)CCOc1ccc(-c2ccccc2)cc1)N1C(=O)CNC1=O. The highest BCUT2D eigenvalue weighted by Gasteiger charge is 2.42. The first-order valence-corrected chi connectivity index (χ1v) is 9.47. The van der Waals surface area contributed by atoms with Gasteiger partial charge in [0.05, 0.1) is 20.3 Å². The fourth-order valence-corrected chi connectivity index (χ4v) is 3.32. The summed E-state index contributed by atoms with van der Waals surface area (Å²) in [5.41, 5.74) is 2.22. The molecule has 1 heterocycles. The van der Waals surface area contributed by atoms with Gasteiger partial charge in [-0.25, -0.2) is 14.5 Å². The molecule has 2 atom stereocenters. The third kappa shape index (κ3) is 4.74. The molecule has 3 rings (SSSR count). The largest absolute Gasteiger partial charge is 0.494 e. The van der Waals surface area contributed by atoms with Crippen LogP contribution in [0.1, 0.15) is 13.3 Å². The van der Waals surface area contributed by atoms with Crippen LogP contribution in [0, 0.1) is 5.92 Å². The van der Waals surface area contributed by atoms with Crippen molar-refractivity contribution in [2.24, 2.45) is 5.92 Å². The highest BCUT2D eigenvalue weighted by molar-refractivity contribution is 6.05. The number of carbonyl (C=O) groups excluding carboxylic acids is 3. The summed E-state index contributed by atoms with van der Waals surface area (Å²) in [5, 5.41) is 2.43. The van der Waals surface area contributed by atoms with E-state index in [1.807, 2.05) is 54.6 Å². The number of rotatable bonds is 8. The molecule has 0 aliphatic carbocycles. The molecule has 1 aliphatic heterocycles. The molecular weight excluding hydrogens is 372 g/mol. The van der Waals surface area contributed by atoms with Crippen LogP contribution in [-0.2, 0) is 14.3 Å². The van der Waals surface area contributed by atoms with Crippen molar-refractivity contribution >= 4 is 17.9 Å². The zero-order valence-corrected chi connectivity index (χ0v) is 16.5. The third-order valence-corrected chi connectivity index (χ3v) is 4.94. The number of ether oxygens (including phenoxy) is 2. The molecule has 0 spiro atoms. The van der Waals surface area contributed by atoms with Gasteiger partial charge >= 0.3 is 12.0 Å². The van der Waals surface area contributed by atoms with Gasteiger partial charge in [-0.05, 0) is 35.6 Å². The first-order valence-electron chi connectivity index (χ1n) is 9.47. The lowest BCUT2D eigenvalue weighted by Gasteiger charge is -2.28. The van der Waals surface area contributed by atoms with Gasteiger partial charge in [0.1, 0.15) is 11.8 Å². The highest BCUT2D eigenvalue weighted by Crippen LogP contribution is 2.23. The van der Waals surface area contributed by atoms with E-state index in [4.69, 9.17) is 9.47 Å². The van der Waals surface area contributed by atoms with Crippen molar-refractivity contribution in [2.45, 2.75) is 19.4 Å². The number of imide groups is 1. The van der Waals surface area contributed by atoms with Crippen molar-refractivity contribution in [1.82, 2.24) is 10.2 Å². The topological polar surface area (TPSA) is 84.9 Å². The Bertz CT molecular complexity index is 851. The molecule has 29 heavy (non-hydrogen) atoms. The van der Waals surface area contributed by atoms with Gasteiger partial charge in [0, 0.05) is 0 Å². The van der Waals surface area contributed by atoms with Gasteiger partial charge < -0.3 is 14.8 Å². The molecule has 2 aromatic rings. The van der Waals surface area contributed by atoms with Crippen molar-refractivity contribution in [3.05, 3.63) is 54.6 Å². The summed E-state index contributed by atoms with van der Waals surface area (Å²) in [6.07, 6.45) is 0.470. The molecule has 0 saturated carbocycles. The predicted octanol–water partition coefficient (Wildman–Crippen LogP) is 2.85.